The zero-order chi connectivity index (χ0) is 19.2. The Balaban J connectivity index is 1.49. The van der Waals surface area contributed by atoms with Crippen LogP contribution in [0.4, 0.5) is 5.00 Å². The zero-order valence-corrected chi connectivity index (χ0v) is 18.7. The number of hydrogen-bond acceptors (Lipinski definition) is 4. The largest absolute Gasteiger partial charge is 0.342 e. The second-order valence-electron chi connectivity index (χ2n) is 7.99. The van der Waals surface area contributed by atoms with Gasteiger partial charge in [-0.25, -0.2) is 4.99 Å². The molecule has 1 aromatic heterocycles. The molecule has 2 aliphatic rings. The zero-order valence-electron chi connectivity index (χ0n) is 17.1. The molecule has 0 saturated carbocycles. The first-order valence-corrected chi connectivity index (χ1v) is 12.8. The molecule has 1 aliphatic carbocycles. The molecule has 4 heteroatoms. The maximum Gasteiger partial charge on any atom is 0.165 e. The van der Waals surface area contributed by atoms with E-state index in [-0.39, 0.29) is 0 Å². The molecule has 0 spiro atoms. The third-order valence-corrected chi connectivity index (χ3v) is 8.10. The molecule has 0 atom stereocenters. The Bertz CT molecular complexity index is 794. The fourth-order valence-corrected chi connectivity index (χ4v) is 6.53. The molecule has 150 valence electrons. The molecule has 0 amide bonds. The normalized spacial score (nSPS) is 15.9. The summed E-state index contributed by atoms with van der Waals surface area (Å²) in [6.07, 6.45) is 11.9. The van der Waals surface area contributed by atoms with Crippen molar-refractivity contribution in [2.75, 3.05) is 5.75 Å². The van der Waals surface area contributed by atoms with Crippen LogP contribution in [0.1, 0.15) is 73.4 Å². The van der Waals surface area contributed by atoms with Gasteiger partial charge in [0.15, 0.2) is 5.17 Å². The van der Waals surface area contributed by atoms with Crippen LogP contribution in [0.3, 0.4) is 0 Å². The van der Waals surface area contributed by atoms with E-state index in [2.05, 4.69) is 42.2 Å². The Morgan fingerprint density at radius 2 is 1.82 bits per heavy atom. The van der Waals surface area contributed by atoms with Gasteiger partial charge in [-0.05, 0) is 43.2 Å². The summed E-state index contributed by atoms with van der Waals surface area (Å²) < 4.78 is 0. The summed E-state index contributed by atoms with van der Waals surface area (Å²) in [6.45, 7) is 4.29. The Labute approximate surface area is 178 Å². The van der Waals surface area contributed by atoms with Crippen LogP contribution >= 0.6 is 23.1 Å². The van der Waals surface area contributed by atoms with Crippen molar-refractivity contribution in [3.05, 3.63) is 51.9 Å². The van der Waals surface area contributed by atoms with E-state index < -0.39 is 0 Å². The highest BCUT2D eigenvalue weighted by Gasteiger charge is 2.27. The lowest BCUT2D eigenvalue weighted by Crippen LogP contribution is -2.30. The van der Waals surface area contributed by atoms with E-state index in [0.29, 0.717) is 0 Å². The summed E-state index contributed by atoms with van der Waals surface area (Å²) in [7, 11) is 0. The lowest BCUT2D eigenvalue weighted by molar-refractivity contribution is 0.408. The first-order chi connectivity index (χ1) is 13.8. The number of unbranched alkanes of at least 4 members (excludes halogenated alkanes) is 4. The Morgan fingerprint density at radius 3 is 2.68 bits per heavy atom. The molecule has 1 aromatic carbocycles. The van der Waals surface area contributed by atoms with Crippen molar-refractivity contribution in [1.29, 1.82) is 0 Å². The highest BCUT2D eigenvalue weighted by atomic mass is 32.2. The lowest BCUT2D eigenvalue weighted by Gasteiger charge is -2.30. The van der Waals surface area contributed by atoms with Gasteiger partial charge in [-0.15, -0.1) is 11.3 Å². The molecule has 1 aliphatic heterocycles. The van der Waals surface area contributed by atoms with E-state index in [0.717, 1.165) is 13.1 Å². The number of thiophene rings is 1. The molecular weight excluding hydrogens is 380 g/mol. The van der Waals surface area contributed by atoms with E-state index in [4.69, 9.17) is 4.99 Å². The SMILES string of the molecule is CCCCCCCSC1=Nc2sc3c(c2CN1Cc1ccccc1)CCCC3. The van der Waals surface area contributed by atoms with E-state index in [1.807, 2.05) is 23.1 Å². The Morgan fingerprint density at radius 1 is 1.00 bits per heavy atom. The quantitative estimate of drug-likeness (QED) is 0.422. The van der Waals surface area contributed by atoms with Crippen molar-refractivity contribution < 1.29 is 0 Å². The van der Waals surface area contributed by atoms with Crippen LogP contribution in [-0.2, 0) is 25.9 Å². The molecule has 0 N–H and O–H groups in total. The molecule has 4 rings (SSSR count). The minimum Gasteiger partial charge on any atom is -0.342 e. The number of rotatable bonds is 8. The molecule has 0 radical (unpaired) electrons. The van der Waals surface area contributed by atoms with Crippen molar-refractivity contribution in [3.63, 3.8) is 0 Å². The van der Waals surface area contributed by atoms with Crippen molar-refractivity contribution in [2.45, 2.75) is 77.8 Å². The standard InChI is InChI=1S/C24H32N2S2/c1-2-3-4-5-11-16-27-24-25-23-21(20-14-9-10-15-22(20)28-23)18-26(24)17-19-12-7-6-8-13-19/h6-8,12-13H,2-5,9-11,14-18H2,1H3. The maximum atomic E-state index is 5.19. The van der Waals surface area contributed by atoms with Crippen LogP contribution in [0.25, 0.3) is 0 Å². The molecule has 0 fully saturated rings. The maximum absolute atomic E-state index is 5.19. The van der Waals surface area contributed by atoms with Gasteiger partial charge in [0.2, 0.25) is 0 Å². The van der Waals surface area contributed by atoms with Crippen LogP contribution in [0, 0.1) is 0 Å². The van der Waals surface area contributed by atoms with Gasteiger partial charge in [0, 0.05) is 29.3 Å². The van der Waals surface area contributed by atoms with Crippen molar-refractivity contribution in [3.8, 4) is 0 Å². The van der Waals surface area contributed by atoms with Gasteiger partial charge in [0.1, 0.15) is 5.00 Å². The molecule has 28 heavy (non-hydrogen) atoms. The Kier molecular flexibility index (Phi) is 7.14. The predicted octanol–water partition coefficient (Wildman–Crippen LogP) is 7.33. The Hall–Kier alpha value is -1.26. The highest BCUT2D eigenvalue weighted by Crippen LogP contribution is 2.43. The van der Waals surface area contributed by atoms with Gasteiger partial charge in [0.25, 0.3) is 0 Å². The van der Waals surface area contributed by atoms with Crippen molar-refractivity contribution >= 4 is 33.3 Å². The number of hydrogen-bond donors (Lipinski definition) is 0. The monoisotopic (exact) mass is 412 g/mol. The minimum atomic E-state index is 0.965. The molecule has 2 aromatic rings. The average molecular weight is 413 g/mol. The molecule has 2 heterocycles. The smallest absolute Gasteiger partial charge is 0.165 e. The summed E-state index contributed by atoms with van der Waals surface area (Å²) in [6, 6.07) is 10.9. The molecule has 0 bridgehead atoms. The molecular formula is C24H32N2S2. The van der Waals surface area contributed by atoms with Gasteiger partial charge in [-0.2, -0.15) is 0 Å². The number of amidine groups is 1. The summed E-state index contributed by atoms with van der Waals surface area (Å²) >= 11 is 3.95. The minimum absolute atomic E-state index is 0.965. The van der Waals surface area contributed by atoms with Gasteiger partial charge in [-0.3, -0.25) is 0 Å². The third-order valence-electron chi connectivity index (χ3n) is 5.77. The number of thioether (sulfide) groups is 1. The second kappa shape index (κ2) is 9.98. The van der Waals surface area contributed by atoms with E-state index in [1.165, 1.54) is 84.8 Å². The van der Waals surface area contributed by atoms with Crippen LogP contribution in [0.5, 0.6) is 0 Å². The van der Waals surface area contributed by atoms with E-state index >= 15 is 0 Å². The van der Waals surface area contributed by atoms with Gasteiger partial charge < -0.3 is 4.90 Å². The summed E-state index contributed by atoms with van der Waals surface area (Å²) in [5.74, 6) is 1.19. The third kappa shape index (κ3) is 4.83. The van der Waals surface area contributed by atoms with Gasteiger partial charge in [-0.1, -0.05) is 74.7 Å². The van der Waals surface area contributed by atoms with Gasteiger partial charge >= 0.3 is 0 Å². The van der Waals surface area contributed by atoms with Crippen molar-refractivity contribution in [1.82, 2.24) is 4.90 Å². The first kappa shape index (κ1) is 20.0. The summed E-state index contributed by atoms with van der Waals surface area (Å²) in [4.78, 5) is 9.33. The lowest BCUT2D eigenvalue weighted by atomic mass is 9.95. The number of benzene rings is 1. The first-order valence-electron chi connectivity index (χ1n) is 11.0. The molecule has 2 nitrogen and oxygen atoms in total. The topological polar surface area (TPSA) is 15.6 Å². The number of nitrogens with zero attached hydrogens (tertiary/aromatic N) is 2. The van der Waals surface area contributed by atoms with E-state index in [1.54, 1.807) is 10.4 Å². The summed E-state index contributed by atoms with van der Waals surface area (Å²) in [5, 5.41) is 2.55. The average Bonchev–Trinajstić information content (AvgIpc) is 3.09. The molecule has 0 saturated heterocycles. The fraction of sp³-hybridized carbons (Fsp3) is 0.542. The predicted molar refractivity (Wildman–Crippen MR) is 125 cm³/mol. The van der Waals surface area contributed by atoms with Crippen LogP contribution < -0.4 is 0 Å². The fourth-order valence-electron chi connectivity index (χ4n) is 4.21. The van der Waals surface area contributed by atoms with Crippen molar-refractivity contribution in [2.24, 2.45) is 4.99 Å². The highest BCUT2D eigenvalue weighted by molar-refractivity contribution is 8.13. The molecule has 0 unspecified atom stereocenters. The van der Waals surface area contributed by atoms with Crippen LogP contribution in [-0.4, -0.2) is 15.8 Å². The van der Waals surface area contributed by atoms with E-state index in [9.17, 15) is 0 Å². The second-order valence-corrected chi connectivity index (χ2v) is 10.1. The van der Waals surface area contributed by atoms with Gasteiger partial charge in [0.05, 0.1) is 0 Å². The number of aliphatic imine (C=N–C) groups is 1. The number of aryl methyl sites for hydroxylation is 1. The summed E-state index contributed by atoms with van der Waals surface area (Å²) in [5.41, 5.74) is 4.55. The van der Waals surface area contributed by atoms with Crippen LogP contribution in [0.2, 0.25) is 0 Å². The number of fused-ring (bicyclic) bond motifs is 3. The van der Waals surface area contributed by atoms with Crippen LogP contribution in [0.15, 0.2) is 35.3 Å².